The van der Waals surface area contributed by atoms with E-state index in [0.717, 1.165) is 11.1 Å². The van der Waals surface area contributed by atoms with Crippen molar-refractivity contribution in [3.05, 3.63) is 65.7 Å². The van der Waals surface area contributed by atoms with Gasteiger partial charge in [-0.2, -0.15) is 0 Å². The maximum absolute atomic E-state index is 12.0. The van der Waals surface area contributed by atoms with E-state index in [2.05, 4.69) is 10.6 Å². The topological polar surface area (TPSA) is 130 Å². The first-order valence-electron chi connectivity index (χ1n) is 8.84. The summed E-state index contributed by atoms with van der Waals surface area (Å²) in [6.45, 7) is 0.547. The summed E-state index contributed by atoms with van der Waals surface area (Å²) in [6, 6.07) is 14.7. The molecule has 0 fully saturated rings. The van der Waals surface area contributed by atoms with Crippen molar-refractivity contribution in [1.29, 1.82) is 0 Å². The highest BCUT2D eigenvalue weighted by Gasteiger charge is 2.15. The van der Waals surface area contributed by atoms with Gasteiger partial charge in [0, 0.05) is 13.1 Å². The molecule has 0 heterocycles. The van der Waals surface area contributed by atoms with Gasteiger partial charge in [-0.15, -0.1) is 0 Å². The fourth-order valence-electron chi connectivity index (χ4n) is 2.57. The van der Waals surface area contributed by atoms with Crippen LogP contribution in [0.25, 0.3) is 0 Å². The number of hydrogen-bond acceptors (Lipinski definition) is 5. The van der Waals surface area contributed by atoms with Crippen LogP contribution in [-0.2, 0) is 22.4 Å². The number of nitrogens with one attached hydrogen (secondary N) is 2. The molecule has 0 saturated carbocycles. The Kier molecular flexibility index (Phi) is 7.79. The average molecular weight is 370 g/mol. The van der Waals surface area contributed by atoms with E-state index in [4.69, 9.17) is 11.5 Å². The lowest BCUT2D eigenvalue weighted by molar-refractivity contribution is -0.124. The minimum Gasteiger partial charge on any atom is -0.508 e. The number of nitrogens with two attached hydrogens (primary N) is 2. The Labute approximate surface area is 158 Å². The highest BCUT2D eigenvalue weighted by Crippen LogP contribution is 2.10. The number of phenols is 1. The zero-order valence-electron chi connectivity index (χ0n) is 15.1. The van der Waals surface area contributed by atoms with Crippen molar-refractivity contribution < 1.29 is 14.7 Å². The largest absolute Gasteiger partial charge is 0.508 e. The molecule has 0 aromatic heterocycles. The smallest absolute Gasteiger partial charge is 0.237 e. The molecule has 7 nitrogen and oxygen atoms in total. The third kappa shape index (κ3) is 7.08. The molecule has 0 spiro atoms. The molecule has 2 atom stereocenters. The number of benzene rings is 2. The number of phenolic OH excluding ortho intramolecular Hbond substituents is 1. The molecule has 2 rings (SSSR count). The fourth-order valence-corrected chi connectivity index (χ4v) is 2.57. The molecule has 0 aliphatic rings. The van der Waals surface area contributed by atoms with Crippen LogP contribution in [0, 0.1) is 0 Å². The number of rotatable bonds is 9. The Balaban J connectivity index is 1.65. The van der Waals surface area contributed by atoms with E-state index in [1.165, 1.54) is 0 Å². The Bertz CT molecular complexity index is 735. The number of amides is 2. The van der Waals surface area contributed by atoms with Crippen molar-refractivity contribution in [3.63, 3.8) is 0 Å². The van der Waals surface area contributed by atoms with Crippen LogP contribution in [0.4, 0.5) is 0 Å². The van der Waals surface area contributed by atoms with Gasteiger partial charge in [-0.3, -0.25) is 9.59 Å². The van der Waals surface area contributed by atoms with Gasteiger partial charge in [0.15, 0.2) is 0 Å². The van der Waals surface area contributed by atoms with Crippen LogP contribution in [0.3, 0.4) is 0 Å². The quantitative estimate of drug-likeness (QED) is 0.399. The predicted molar refractivity (Wildman–Crippen MR) is 104 cm³/mol. The van der Waals surface area contributed by atoms with Crippen LogP contribution >= 0.6 is 0 Å². The number of hydrogen-bond donors (Lipinski definition) is 5. The SMILES string of the molecule is N[C@@H](Cc1ccccc1)C(=O)NCCNC(=O)[C@@H](N)Cc1ccc(O)cc1. The van der Waals surface area contributed by atoms with Crippen LogP contribution in [0.5, 0.6) is 5.75 Å². The predicted octanol–water partition coefficient (Wildman–Crippen LogP) is 0.0644. The molecule has 27 heavy (non-hydrogen) atoms. The Morgan fingerprint density at radius 3 is 1.70 bits per heavy atom. The summed E-state index contributed by atoms with van der Waals surface area (Å²) in [4.78, 5) is 24.0. The van der Waals surface area contributed by atoms with Crippen molar-refractivity contribution >= 4 is 11.8 Å². The minimum absolute atomic E-state index is 0.165. The number of carbonyl (C=O) groups excluding carboxylic acids is 2. The zero-order valence-corrected chi connectivity index (χ0v) is 15.1. The molecular weight excluding hydrogens is 344 g/mol. The van der Waals surface area contributed by atoms with Crippen molar-refractivity contribution in [2.75, 3.05) is 13.1 Å². The standard InChI is InChI=1S/C20H26N4O3/c21-17(12-14-4-2-1-3-5-14)19(26)23-10-11-24-20(27)18(22)13-15-6-8-16(25)9-7-15/h1-9,17-18,25H,10-13,21-22H2,(H,23,26)(H,24,27)/t17-,18-/m0/s1. The summed E-state index contributed by atoms with van der Waals surface area (Å²) in [7, 11) is 0. The van der Waals surface area contributed by atoms with Gasteiger partial charge in [0.1, 0.15) is 5.75 Å². The first kappa shape index (κ1) is 20.4. The van der Waals surface area contributed by atoms with Crippen molar-refractivity contribution in [3.8, 4) is 5.75 Å². The Morgan fingerprint density at radius 2 is 1.22 bits per heavy atom. The Morgan fingerprint density at radius 1 is 0.778 bits per heavy atom. The maximum Gasteiger partial charge on any atom is 0.237 e. The van der Waals surface area contributed by atoms with Gasteiger partial charge in [-0.05, 0) is 36.1 Å². The summed E-state index contributed by atoms with van der Waals surface area (Å²) in [5.74, 6) is -0.398. The second kappa shape index (κ2) is 10.3. The molecular formula is C20H26N4O3. The van der Waals surface area contributed by atoms with Crippen LogP contribution in [0.1, 0.15) is 11.1 Å². The lowest BCUT2D eigenvalue weighted by Crippen LogP contribution is -2.47. The van der Waals surface area contributed by atoms with E-state index in [1.807, 2.05) is 30.3 Å². The first-order valence-corrected chi connectivity index (χ1v) is 8.84. The van der Waals surface area contributed by atoms with Crippen LogP contribution < -0.4 is 22.1 Å². The first-order chi connectivity index (χ1) is 13.0. The lowest BCUT2D eigenvalue weighted by atomic mass is 10.1. The van der Waals surface area contributed by atoms with Crippen LogP contribution in [0.2, 0.25) is 0 Å². The van der Waals surface area contributed by atoms with Crippen molar-refractivity contribution in [2.24, 2.45) is 11.5 Å². The van der Waals surface area contributed by atoms with Gasteiger partial charge >= 0.3 is 0 Å². The zero-order chi connectivity index (χ0) is 19.6. The van der Waals surface area contributed by atoms with Gasteiger partial charge in [-0.1, -0.05) is 42.5 Å². The van der Waals surface area contributed by atoms with Gasteiger partial charge in [0.25, 0.3) is 0 Å². The normalized spacial score (nSPS) is 12.8. The molecule has 0 radical (unpaired) electrons. The highest BCUT2D eigenvalue weighted by atomic mass is 16.3. The van der Waals surface area contributed by atoms with Gasteiger partial charge in [-0.25, -0.2) is 0 Å². The van der Waals surface area contributed by atoms with Crippen molar-refractivity contribution in [1.82, 2.24) is 10.6 Å². The molecule has 144 valence electrons. The van der Waals surface area contributed by atoms with Gasteiger partial charge < -0.3 is 27.2 Å². The number of aromatic hydroxyl groups is 1. The van der Waals surface area contributed by atoms with E-state index in [-0.39, 0.29) is 30.7 Å². The summed E-state index contributed by atoms with van der Waals surface area (Å²) >= 11 is 0. The van der Waals surface area contributed by atoms with Crippen LogP contribution in [0.15, 0.2) is 54.6 Å². The van der Waals surface area contributed by atoms with E-state index < -0.39 is 12.1 Å². The van der Waals surface area contributed by atoms with E-state index in [1.54, 1.807) is 24.3 Å². The third-order valence-corrected chi connectivity index (χ3v) is 4.09. The van der Waals surface area contributed by atoms with E-state index in [9.17, 15) is 14.7 Å². The molecule has 0 aliphatic heterocycles. The molecule has 2 amide bonds. The monoisotopic (exact) mass is 370 g/mol. The molecule has 0 aliphatic carbocycles. The number of carbonyl (C=O) groups is 2. The average Bonchev–Trinajstić information content (AvgIpc) is 2.67. The van der Waals surface area contributed by atoms with Crippen LogP contribution in [-0.4, -0.2) is 42.1 Å². The molecule has 0 saturated heterocycles. The van der Waals surface area contributed by atoms with E-state index in [0.29, 0.717) is 12.8 Å². The summed E-state index contributed by atoms with van der Waals surface area (Å²) in [6.07, 6.45) is 0.816. The highest BCUT2D eigenvalue weighted by molar-refractivity contribution is 5.83. The molecule has 2 aromatic rings. The second-order valence-electron chi connectivity index (χ2n) is 6.36. The third-order valence-electron chi connectivity index (χ3n) is 4.09. The molecule has 0 bridgehead atoms. The lowest BCUT2D eigenvalue weighted by Gasteiger charge is -2.14. The maximum atomic E-state index is 12.0. The molecule has 2 aromatic carbocycles. The summed E-state index contributed by atoms with van der Waals surface area (Å²) in [5, 5.41) is 14.7. The molecule has 7 N–H and O–H groups in total. The second-order valence-corrected chi connectivity index (χ2v) is 6.36. The molecule has 0 unspecified atom stereocenters. The fraction of sp³-hybridized carbons (Fsp3) is 0.300. The summed E-state index contributed by atoms with van der Waals surface area (Å²) < 4.78 is 0. The van der Waals surface area contributed by atoms with Gasteiger partial charge in [0.05, 0.1) is 12.1 Å². The summed E-state index contributed by atoms with van der Waals surface area (Å²) in [5.41, 5.74) is 13.6. The minimum atomic E-state index is -0.703. The van der Waals surface area contributed by atoms with E-state index >= 15 is 0 Å². The van der Waals surface area contributed by atoms with Gasteiger partial charge in [0.2, 0.25) is 11.8 Å². The Hall–Kier alpha value is -2.90. The van der Waals surface area contributed by atoms with Crippen molar-refractivity contribution in [2.45, 2.75) is 24.9 Å². The molecule has 7 heteroatoms.